The van der Waals surface area contributed by atoms with E-state index in [9.17, 15) is 9.70 Å². The van der Waals surface area contributed by atoms with Crippen LogP contribution in [0.1, 0.15) is 15.9 Å². The second-order valence-corrected chi connectivity index (χ2v) is 3.18. The zero-order chi connectivity index (χ0) is 11.4. The molecule has 0 fully saturated rings. The number of nitrogens with one attached hydrogen (secondary N) is 2. The van der Waals surface area contributed by atoms with Gasteiger partial charge in [-0.3, -0.25) is 4.79 Å². The Bertz CT molecular complexity index is 475. The van der Waals surface area contributed by atoms with Crippen LogP contribution >= 0.6 is 0 Å². The van der Waals surface area contributed by atoms with Crippen LogP contribution in [0, 0.1) is 4.91 Å². The maximum atomic E-state index is 11.0. The molecular weight excluding hydrogens is 206 g/mol. The number of carbonyl (C=O) groups is 1. The van der Waals surface area contributed by atoms with Crippen LogP contribution in [0.3, 0.4) is 0 Å². The van der Waals surface area contributed by atoms with Crippen molar-refractivity contribution in [3.63, 3.8) is 0 Å². The van der Waals surface area contributed by atoms with Crippen molar-refractivity contribution in [1.29, 1.82) is 0 Å². The van der Waals surface area contributed by atoms with Gasteiger partial charge >= 0.3 is 5.91 Å². The van der Waals surface area contributed by atoms with Crippen molar-refractivity contribution in [2.45, 2.75) is 0 Å². The van der Waals surface area contributed by atoms with E-state index in [0.29, 0.717) is 5.56 Å². The van der Waals surface area contributed by atoms with Crippen molar-refractivity contribution in [3.8, 4) is 0 Å². The van der Waals surface area contributed by atoms with E-state index in [1.54, 1.807) is 30.5 Å². The minimum atomic E-state index is -0.754. The average molecular weight is 215 g/mol. The first-order valence-corrected chi connectivity index (χ1v) is 4.68. The van der Waals surface area contributed by atoms with Crippen LogP contribution in [-0.4, -0.2) is 5.91 Å². The smallest absolute Gasteiger partial charge is 0.308 e. The molecular formula is C11H9N3O2. The minimum Gasteiger partial charge on any atom is -0.308 e. The van der Waals surface area contributed by atoms with Crippen LogP contribution in [0.2, 0.25) is 0 Å². The maximum absolute atomic E-state index is 11.0. The highest BCUT2D eigenvalue weighted by Gasteiger charge is 2.06. The first-order chi connectivity index (χ1) is 7.81. The molecule has 2 rings (SSSR count). The lowest BCUT2D eigenvalue weighted by atomic mass is 10.1. The summed E-state index contributed by atoms with van der Waals surface area (Å²) < 4.78 is 0. The molecule has 0 atom stereocenters. The number of amides is 1. The van der Waals surface area contributed by atoms with Crippen molar-refractivity contribution in [3.05, 3.63) is 58.7 Å². The molecule has 2 N–H and O–H groups in total. The standard InChI is InChI=1S/C11H9N3O2/c15-11(14-16)9-5-3-8(4-6-9)10-2-1-7-12-13-10/h1-7,12-13H. The van der Waals surface area contributed by atoms with Crippen LogP contribution < -0.4 is 10.9 Å². The van der Waals surface area contributed by atoms with Gasteiger partial charge in [-0.1, -0.05) is 12.1 Å². The number of rotatable bonds is 2. The van der Waals surface area contributed by atoms with Crippen molar-refractivity contribution in [2.24, 2.45) is 5.18 Å². The van der Waals surface area contributed by atoms with Gasteiger partial charge < -0.3 is 10.9 Å². The summed E-state index contributed by atoms with van der Waals surface area (Å²) in [7, 11) is 0. The Labute approximate surface area is 91.8 Å². The fourth-order valence-electron chi connectivity index (χ4n) is 1.37. The monoisotopic (exact) mass is 215 g/mol. The molecule has 0 radical (unpaired) electrons. The molecule has 0 unspecified atom stereocenters. The predicted molar refractivity (Wildman–Crippen MR) is 60.0 cm³/mol. The number of carbonyl (C=O) groups excluding carboxylic acids is 1. The van der Waals surface area contributed by atoms with Crippen molar-refractivity contribution in [1.82, 2.24) is 10.9 Å². The third-order valence-electron chi connectivity index (χ3n) is 2.18. The number of hydrogen-bond donors (Lipinski definition) is 2. The molecule has 1 aromatic carbocycles. The molecule has 1 heterocycles. The van der Waals surface area contributed by atoms with E-state index in [1.807, 2.05) is 12.2 Å². The predicted octanol–water partition coefficient (Wildman–Crippen LogP) is 1.56. The van der Waals surface area contributed by atoms with E-state index >= 15 is 0 Å². The molecule has 1 aliphatic rings. The Morgan fingerprint density at radius 2 is 1.94 bits per heavy atom. The number of allylic oxidation sites excluding steroid dienone is 2. The van der Waals surface area contributed by atoms with Crippen LogP contribution in [0.5, 0.6) is 0 Å². The molecule has 1 aliphatic heterocycles. The number of nitrogens with zero attached hydrogens (tertiary/aromatic N) is 1. The van der Waals surface area contributed by atoms with Gasteiger partial charge in [0.2, 0.25) is 0 Å². The molecule has 0 aliphatic carbocycles. The minimum absolute atomic E-state index is 0.290. The Morgan fingerprint density at radius 3 is 2.50 bits per heavy atom. The van der Waals surface area contributed by atoms with Crippen molar-refractivity contribution < 1.29 is 4.79 Å². The zero-order valence-corrected chi connectivity index (χ0v) is 8.31. The molecule has 0 saturated carbocycles. The van der Waals surface area contributed by atoms with Gasteiger partial charge in [-0.15, -0.1) is 4.91 Å². The average Bonchev–Trinajstić information content (AvgIpc) is 2.39. The summed E-state index contributed by atoms with van der Waals surface area (Å²) in [6.07, 6.45) is 5.51. The van der Waals surface area contributed by atoms with Gasteiger partial charge in [0.1, 0.15) is 0 Å². The summed E-state index contributed by atoms with van der Waals surface area (Å²) in [5.41, 5.74) is 7.90. The summed E-state index contributed by atoms with van der Waals surface area (Å²) in [5.74, 6) is -0.754. The molecule has 0 bridgehead atoms. The summed E-state index contributed by atoms with van der Waals surface area (Å²) in [4.78, 5) is 21.0. The fourth-order valence-corrected chi connectivity index (χ4v) is 1.37. The highest BCUT2D eigenvalue weighted by Crippen LogP contribution is 2.14. The summed E-state index contributed by atoms with van der Waals surface area (Å²) >= 11 is 0. The lowest BCUT2D eigenvalue weighted by Gasteiger charge is -2.13. The molecule has 80 valence electrons. The maximum Gasteiger partial charge on any atom is 0.316 e. The van der Waals surface area contributed by atoms with E-state index in [1.165, 1.54) is 0 Å². The quantitative estimate of drug-likeness (QED) is 0.734. The van der Waals surface area contributed by atoms with Crippen LogP contribution in [0.15, 0.2) is 47.8 Å². The Kier molecular flexibility index (Phi) is 2.77. The van der Waals surface area contributed by atoms with E-state index in [2.05, 4.69) is 16.0 Å². The normalized spacial score (nSPS) is 13.4. The van der Waals surface area contributed by atoms with Crippen LogP contribution in [0.25, 0.3) is 5.70 Å². The van der Waals surface area contributed by atoms with Gasteiger partial charge in [0, 0.05) is 16.9 Å². The third-order valence-corrected chi connectivity index (χ3v) is 2.18. The van der Waals surface area contributed by atoms with E-state index in [0.717, 1.165) is 11.3 Å². The molecule has 5 heteroatoms. The molecule has 0 saturated heterocycles. The summed E-state index contributed by atoms with van der Waals surface area (Å²) in [6, 6.07) is 6.63. The highest BCUT2D eigenvalue weighted by atomic mass is 16.3. The first-order valence-electron chi connectivity index (χ1n) is 4.68. The largest absolute Gasteiger partial charge is 0.316 e. The Balaban J connectivity index is 2.25. The van der Waals surface area contributed by atoms with Gasteiger partial charge in [-0.2, -0.15) is 0 Å². The lowest BCUT2D eigenvalue weighted by molar-refractivity contribution is 0.100. The second-order valence-electron chi connectivity index (χ2n) is 3.18. The fraction of sp³-hybridized carbons (Fsp3) is 0. The topological polar surface area (TPSA) is 70.6 Å². The lowest BCUT2D eigenvalue weighted by Crippen LogP contribution is -2.26. The van der Waals surface area contributed by atoms with E-state index in [-0.39, 0.29) is 0 Å². The van der Waals surface area contributed by atoms with E-state index < -0.39 is 5.91 Å². The van der Waals surface area contributed by atoms with Gasteiger partial charge in [0.05, 0.1) is 5.70 Å². The number of hydrogen-bond acceptors (Lipinski definition) is 4. The Morgan fingerprint density at radius 1 is 1.19 bits per heavy atom. The van der Waals surface area contributed by atoms with Gasteiger partial charge in [0.15, 0.2) is 0 Å². The SMILES string of the molecule is O=NC(=O)c1ccc(C2=CC=CNN2)cc1. The number of benzene rings is 1. The van der Waals surface area contributed by atoms with Gasteiger partial charge in [-0.05, 0) is 29.8 Å². The van der Waals surface area contributed by atoms with E-state index in [4.69, 9.17) is 0 Å². The summed E-state index contributed by atoms with van der Waals surface area (Å²) in [5, 5.41) is 2.36. The van der Waals surface area contributed by atoms with Crippen LogP contribution in [-0.2, 0) is 0 Å². The molecule has 0 aromatic heterocycles. The van der Waals surface area contributed by atoms with Gasteiger partial charge in [0.25, 0.3) is 0 Å². The molecule has 1 amide bonds. The van der Waals surface area contributed by atoms with Crippen molar-refractivity contribution >= 4 is 11.6 Å². The molecule has 5 nitrogen and oxygen atoms in total. The number of nitroso groups, excluding NO2 is 1. The second kappa shape index (κ2) is 4.39. The molecule has 0 spiro atoms. The van der Waals surface area contributed by atoms with Crippen LogP contribution in [0.4, 0.5) is 0 Å². The zero-order valence-electron chi connectivity index (χ0n) is 8.31. The van der Waals surface area contributed by atoms with Gasteiger partial charge in [-0.25, -0.2) is 0 Å². The number of hydrazine groups is 1. The molecule has 16 heavy (non-hydrogen) atoms. The summed E-state index contributed by atoms with van der Waals surface area (Å²) in [6.45, 7) is 0. The third kappa shape index (κ3) is 1.98. The first kappa shape index (κ1) is 10.1. The molecule has 1 aromatic rings. The van der Waals surface area contributed by atoms with Crippen molar-refractivity contribution in [2.75, 3.05) is 0 Å². The Hall–Kier alpha value is -2.43. The highest BCUT2D eigenvalue weighted by molar-refractivity contribution is 5.95.